The minimum absolute atomic E-state index is 0.0594. The number of thiophene rings is 1. The van der Waals surface area contributed by atoms with Crippen molar-refractivity contribution in [2.24, 2.45) is 7.05 Å². The number of aryl methyl sites for hydroxylation is 1. The second-order valence-corrected chi connectivity index (χ2v) is 9.60. The van der Waals surface area contributed by atoms with Crippen molar-refractivity contribution in [3.05, 3.63) is 83.5 Å². The second kappa shape index (κ2) is 11.4. The fourth-order valence-corrected chi connectivity index (χ4v) is 5.34. The third kappa shape index (κ3) is 5.58. The van der Waals surface area contributed by atoms with Crippen molar-refractivity contribution in [3.8, 4) is 11.1 Å². The van der Waals surface area contributed by atoms with E-state index in [0.29, 0.717) is 34.2 Å². The van der Waals surface area contributed by atoms with Crippen molar-refractivity contribution in [2.45, 2.75) is 18.1 Å². The van der Waals surface area contributed by atoms with Crippen LogP contribution in [0.25, 0.3) is 11.1 Å². The first-order valence-electron chi connectivity index (χ1n) is 10.9. The van der Waals surface area contributed by atoms with E-state index < -0.39 is 5.97 Å². The molecule has 0 unspecified atom stereocenters. The molecule has 3 aromatic heterocycles. The zero-order valence-electron chi connectivity index (χ0n) is 19.7. The predicted octanol–water partition coefficient (Wildman–Crippen LogP) is 4.78. The van der Waals surface area contributed by atoms with Gasteiger partial charge in [-0.3, -0.25) is 4.79 Å². The lowest BCUT2D eigenvalue weighted by Gasteiger charge is -2.09. The number of hydrogen-bond acceptors (Lipinski definition) is 7. The van der Waals surface area contributed by atoms with Crippen LogP contribution in [0.3, 0.4) is 0 Å². The highest BCUT2D eigenvalue weighted by molar-refractivity contribution is 7.99. The zero-order chi connectivity index (χ0) is 25.7. The van der Waals surface area contributed by atoms with E-state index >= 15 is 0 Å². The van der Waals surface area contributed by atoms with Crippen molar-refractivity contribution in [1.82, 2.24) is 19.3 Å². The Hall–Kier alpha value is -3.70. The van der Waals surface area contributed by atoms with E-state index in [0.717, 1.165) is 11.5 Å². The van der Waals surface area contributed by atoms with E-state index in [1.165, 1.54) is 42.3 Å². The molecule has 8 nitrogen and oxygen atoms in total. The van der Waals surface area contributed by atoms with E-state index in [2.05, 4.69) is 22.1 Å². The Labute approximate surface area is 215 Å². The number of amides is 1. The van der Waals surface area contributed by atoms with Gasteiger partial charge in [0.25, 0.3) is 0 Å². The van der Waals surface area contributed by atoms with Gasteiger partial charge in [-0.2, -0.15) is 0 Å². The first kappa shape index (κ1) is 25.4. The summed E-state index contributed by atoms with van der Waals surface area (Å²) in [6.45, 7) is 4.33. The maximum atomic E-state index is 13.4. The number of nitrogens with zero attached hydrogens (tertiary/aromatic N) is 4. The molecule has 186 valence electrons. The second-order valence-electron chi connectivity index (χ2n) is 7.77. The number of anilines is 1. The van der Waals surface area contributed by atoms with Crippen LogP contribution in [-0.4, -0.2) is 44.1 Å². The van der Waals surface area contributed by atoms with Crippen LogP contribution in [0.1, 0.15) is 21.9 Å². The van der Waals surface area contributed by atoms with Crippen LogP contribution in [0.5, 0.6) is 0 Å². The van der Waals surface area contributed by atoms with Gasteiger partial charge in [0.05, 0.1) is 12.9 Å². The number of allylic oxidation sites excluding steroid dienone is 1. The summed E-state index contributed by atoms with van der Waals surface area (Å²) in [6, 6.07) is 9.77. The van der Waals surface area contributed by atoms with Crippen LogP contribution in [-0.2, 0) is 29.5 Å². The average Bonchev–Trinajstić information content (AvgIpc) is 3.58. The number of carbonyl (C=O) groups excluding carboxylic acids is 2. The van der Waals surface area contributed by atoms with E-state index in [1.807, 2.05) is 34.5 Å². The van der Waals surface area contributed by atoms with Crippen molar-refractivity contribution >= 4 is 40.0 Å². The summed E-state index contributed by atoms with van der Waals surface area (Å²) in [5.74, 6) is -0.446. The number of esters is 1. The molecule has 0 aliphatic carbocycles. The largest absolute Gasteiger partial charge is 0.465 e. The lowest BCUT2D eigenvalue weighted by molar-refractivity contribution is -0.113. The first-order chi connectivity index (χ1) is 17.4. The third-order valence-corrected chi connectivity index (χ3v) is 7.28. The van der Waals surface area contributed by atoms with Gasteiger partial charge in [0.2, 0.25) is 5.91 Å². The topological polar surface area (TPSA) is 91.0 Å². The molecule has 0 aliphatic rings. The summed E-state index contributed by atoms with van der Waals surface area (Å²) in [4.78, 5) is 25.3. The minimum atomic E-state index is -0.588. The molecule has 0 atom stereocenters. The molecule has 1 amide bonds. The number of methoxy groups -OCH3 is 1. The summed E-state index contributed by atoms with van der Waals surface area (Å²) in [6.07, 6.45) is 4.33. The summed E-state index contributed by atoms with van der Waals surface area (Å²) in [5, 5.41) is 14.1. The molecule has 0 radical (unpaired) electrons. The standard InChI is InChI=1S/C25H24FN5O3S2/c1-4-11-31-20(13-18-6-5-12-30(18)2)28-29-25(31)36-15-21(32)27-23-22(24(33)34-3)19(14-35-23)16-7-9-17(26)10-8-16/h4-10,12,14H,1,11,13,15H2,2-3H3,(H,27,32). The molecular weight excluding hydrogens is 501 g/mol. The van der Waals surface area contributed by atoms with Gasteiger partial charge in [-0.05, 0) is 29.8 Å². The smallest absolute Gasteiger partial charge is 0.341 e. The molecule has 0 bridgehead atoms. The Morgan fingerprint density at radius 3 is 2.69 bits per heavy atom. The molecule has 0 aliphatic heterocycles. The highest BCUT2D eigenvalue weighted by Crippen LogP contribution is 2.36. The number of rotatable bonds is 10. The average molecular weight is 526 g/mol. The van der Waals surface area contributed by atoms with Crippen molar-refractivity contribution in [2.75, 3.05) is 18.2 Å². The van der Waals surface area contributed by atoms with Crippen molar-refractivity contribution < 1.29 is 18.7 Å². The number of ether oxygens (including phenoxy) is 1. The Bertz CT molecular complexity index is 1390. The van der Waals surface area contributed by atoms with Crippen LogP contribution in [0, 0.1) is 5.82 Å². The molecule has 36 heavy (non-hydrogen) atoms. The Balaban J connectivity index is 1.49. The highest BCUT2D eigenvalue weighted by atomic mass is 32.2. The summed E-state index contributed by atoms with van der Waals surface area (Å²) < 4.78 is 22.2. The van der Waals surface area contributed by atoms with Gasteiger partial charge < -0.3 is 19.2 Å². The first-order valence-corrected chi connectivity index (χ1v) is 12.8. The van der Waals surface area contributed by atoms with E-state index in [1.54, 1.807) is 23.6 Å². The van der Waals surface area contributed by atoms with Gasteiger partial charge in [0.1, 0.15) is 22.2 Å². The normalized spacial score (nSPS) is 10.9. The van der Waals surface area contributed by atoms with Crippen molar-refractivity contribution in [3.63, 3.8) is 0 Å². The quantitative estimate of drug-likeness (QED) is 0.182. The van der Waals surface area contributed by atoms with Crippen LogP contribution >= 0.6 is 23.1 Å². The molecule has 1 aromatic carbocycles. The Morgan fingerprint density at radius 1 is 1.25 bits per heavy atom. The maximum absolute atomic E-state index is 13.4. The van der Waals surface area contributed by atoms with Gasteiger partial charge in [-0.25, -0.2) is 9.18 Å². The predicted molar refractivity (Wildman–Crippen MR) is 139 cm³/mol. The van der Waals surface area contributed by atoms with E-state index in [4.69, 9.17) is 4.74 Å². The van der Waals surface area contributed by atoms with Crippen LogP contribution in [0.15, 0.2) is 65.8 Å². The molecular formula is C25H24FN5O3S2. The van der Waals surface area contributed by atoms with E-state index in [-0.39, 0.29) is 23.0 Å². The van der Waals surface area contributed by atoms with Gasteiger partial charge >= 0.3 is 5.97 Å². The Morgan fingerprint density at radius 2 is 2.03 bits per heavy atom. The lowest BCUT2D eigenvalue weighted by Crippen LogP contribution is -2.16. The van der Waals surface area contributed by atoms with Gasteiger partial charge in [-0.15, -0.1) is 28.1 Å². The van der Waals surface area contributed by atoms with Crippen LogP contribution in [0.2, 0.25) is 0 Å². The molecule has 0 fully saturated rings. The van der Waals surface area contributed by atoms with Crippen molar-refractivity contribution in [1.29, 1.82) is 0 Å². The van der Waals surface area contributed by atoms with Gasteiger partial charge in [0.15, 0.2) is 5.16 Å². The van der Waals surface area contributed by atoms with Crippen LogP contribution in [0.4, 0.5) is 9.39 Å². The molecule has 4 aromatic rings. The molecule has 4 rings (SSSR count). The van der Waals surface area contributed by atoms with Gasteiger partial charge in [-0.1, -0.05) is 30.0 Å². The van der Waals surface area contributed by atoms with Gasteiger partial charge in [0, 0.05) is 42.8 Å². The third-order valence-electron chi connectivity index (χ3n) is 5.42. The molecule has 3 heterocycles. The number of nitrogens with one attached hydrogen (secondary N) is 1. The molecule has 1 N–H and O–H groups in total. The number of halogens is 1. The minimum Gasteiger partial charge on any atom is -0.465 e. The molecule has 0 spiro atoms. The fraction of sp³-hybridized carbons (Fsp3) is 0.200. The zero-order valence-corrected chi connectivity index (χ0v) is 21.4. The summed E-state index contributed by atoms with van der Waals surface area (Å²) in [7, 11) is 3.24. The fourth-order valence-electron chi connectivity index (χ4n) is 3.60. The molecule has 11 heteroatoms. The Kier molecular flexibility index (Phi) is 8.01. The number of hydrogen-bond donors (Lipinski definition) is 1. The summed E-state index contributed by atoms with van der Waals surface area (Å²) in [5.41, 5.74) is 2.52. The SMILES string of the molecule is C=CCn1c(Cc2cccn2C)nnc1SCC(=O)Nc1scc(-c2ccc(F)cc2)c1C(=O)OC. The highest BCUT2D eigenvalue weighted by Gasteiger charge is 2.23. The number of benzene rings is 1. The molecule has 0 saturated heterocycles. The van der Waals surface area contributed by atoms with E-state index in [9.17, 15) is 14.0 Å². The number of carbonyl (C=O) groups is 2. The molecule has 0 saturated carbocycles. The van der Waals surface area contributed by atoms with Crippen LogP contribution < -0.4 is 5.32 Å². The monoisotopic (exact) mass is 525 g/mol. The lowest BCUT2D eigenvalue weighted by atomic mass is 10.0. The number of thioether (sulfide) groups is 1. The number of aromatic nitrogens is 4. The summed E-state index contributed by atoms with van der Waals surface area (Å²) >= 11 is 2.45. The maximum Gasteiger partial charge on any atom is 0.341 e.